The number of alkyl halides is 3. The van der Waals surface area contributed by atoms with E-state index in [-0.39, 0.29) is 6.04 Å². The van der Waals surface area contributed by atoms with Gasteiger partial charge in [-0.3, -0.25) is 4.90 Å². The number of nitrogens with zero attached hydrogens (tertiary/aromatic N) is 2. The van der Waals surface area contributed by atoms with Crippen LogP contribution in [0.2, 0.25) is 0 Å². The van der Waals surface area contributed by atoms with Crippen molar-refractivity contribution in [1.29, 1.82) is 5.26 Å². The van der Waals surface area contributed by atoms with Gasteiger partial charge in [-0.15, -0.1) is 0 Å². The van der Waals surface area contributed by atoms with E-state index in [2.05, 4.69) is 16.8 Å². The van der Waals surface area contributed by atoms with E-state index in [1.54, 1.807) is 18.2 Å². The third kappa shape index (κ3) is 6.50. The number of nitrogens with one attached hydrogen (secondary N) is 1. The van der Waals surface area contributed by atoms with Gasteiger partial charge in [0, 0.05) is 25.7 Å². The maximum absolute atomic E-state index is 12.8. The van der Waals surface area contributed by atoms with Crippen molar-refractivity contribution in [2.45, 2.75) is 31.6 Å². The summed E-state index contributed by atoms with van der Waals surface area (Å²) in [5.41, 5.74) is 6.40. The molecule has 144 valence electrons. The van der Waals surface area contributed by atoms with Gasteiger partial charge in [0.1, 0.15) is 0 Å². The van der Waals surface area contributed by atoms with Crippen LogP contribution in [-0.2, 0) is 12.7 Å². The maximum Gasteiger partial charge on any atom is 0.416 e. The van der Waals surface area contributed by atoms with Gasteiger partial charge >= 0.3 is 6.18 Å². The van der Waals surface area contributed by atoms with Crippen LogP contribution in [0.5, 0.6) is 0 Å². The first-order chi connectivity index (χ1) is 12.8. The van der Waals surface area contributed by atoms with Gasteiger partial charge in [-0.05, 0) is 36.6 Å². The second kappa shape index (κ2) is 9.28. The van der Waals surface area contributed by atoms with Gasteiger partial charge in [0.2, 0.25) is 0 Å². The highest BCUT2D eigenvalue weighted by molar-refractivity contribution is 5.35. The number of likely N-dealkylation sites (tertiary alicyclic amines) is 1. The normalized spacial score (nSPS) is 17.4. The summed E-state index contributed by atoms with van der Waals surface area (Å²) < 4.78 is 38.4. The summed E-state index contributed by atoms with van der Waals surface area (Å²) in [6.07, 6.45) is 2.04. The van der Waals surface area contributed by atoms with Crippen LogP contribution in [0.15, 0.2) is 60.5 Å². The van der Waals surface area contributed by atoms with Crippen molar-refractivity contribution in [2.24, 2.45) is 5.73 Å². The van der Waals surface area contributed by atoms with E-state index in [0.717, 1.165) is 32.0 Å². The molecule has 27 heavy (non-hydrogen) atoms. The lowest BCUT2D eigenvalue weighted by Crippen LogP contribution is -2.43. The minimum atomic E-state index is -4.32. The first-order valence-electron chi connectivity index (χ1n) is 8.67. The Morgan fingerprint density at radius 3 is 2.63 bits per heavy atom. The zero-order valence-electron chi connectivity index (χ0n) is 15.0. The van der Waals surface area contributed by atoms with E-state index in [9.17, 15) is 13.2 Å². The summed E-state index contributed by atoms with van der Waals surface area (Å²) in [7, 11) is 0. The largest absolute Gasteiger partial charge is 0.416 e. The SMILES string of the molecule is C=C/C(C#N)=C\C=C(/N)NC1CCN(Cc2cccc(C(F)(F)F)c2)CC1. The molecule has 7 heteroatoms. The summed E-state index contributed by atoms with van der Waals surface area (Å²) in [4.78, 5) is 2.14. The molecular formula is C20H23F3N4. The number of rotatable bonds is 6. The second-order valence-electron chi connectivity index (χ2n) is 6.45. The zero-order valence-corrected chi connectivity index (χ0v) is 15.0. The average Bonchev–Trinajstić information content (AvgIpc) is 2.64. The van der Waals surface area contributed by atoms with E-state index < -0.39 is 11.7 Å². The number of hydrogen-bond donors (Lipinski definition) is 2. The van der Waals surface area contributed by atoms with E-state index >= 15 is 0 Å². The summed E-state index contributed by atoms with van der Waals surface area (Å²) >= 11 is 0. The quantitative estimate of drug-likeness (QED) is 0.587. The molecule has 0 radical (unpaired) electrons. The van der Waals surface area contributed by atoms with Gasteiger partial charge in [0.25, 0.3) is 0 Å². The molecule has 1 saturated heterocycles. The number of hydrogen-bond acceptors (Lipinski definition) is 4. The van der Waals surface area contributed by atoms with Gasteiger partial charge in [-0.2, -0.15) is 18.4 Å². The van der Waals surface area contributed by atoms with Gasteiger partial charge in [-0.1, -0.05) is 30.9 Å². The van der Waals surface area contributed by atoms with E-state index in [1.165, 1.54) is 18.2 Å². The first-order valence-corrected chi connectivity index (χ1v) is 8.67. The Hall–Kier alpha value is -2.72. The van der Waals surface area contributed by atoms with Crippen LogP contribution >= 0.6 is 0 Å². The lowest BCUT2D eigenvalue weighted by molar-refractivity contribution is -0.137. The van der Waals surface area contributed by atoms with Crippen LogP contribution in [0.25, 0.3) is 0 Å². The molecule has 0 saturated carbocycles. The number of piperidine rings is 1. The van der Waals surface area contributed by atoms with Crippen LogP contribution in [-0.4, -0.2) is 24.0 Å². The molecule has 1 heterocycles. The van der Waals surface area contributed by atoms with Gasteiger partial charge in [0.05, 0.1) is 23.0 Å². The molecule has 0 aliphatic carbocycles. The Balaban J connectivity index is 1.85. The van der Waals surface area contributed by atoms with Crippen molar-refractivity contribution >= 4 is 0 Å². The van der Waals surface area contributed by atoms with Crippen LogP contribution in [0.3, 0.4) is 0 Å². The molecule has 0 amide bonds. The van der Waals surface area contributed by atoms with E-state index in [4.69, 9.17) is 11.0 Å². The van der Waals surface area contributed by atoms with Crippen molar-refractivity contribution in [3.8, 4) is 6.07 Å². The molecule has 0 unspecified atom stereocenters. The third-order valence-electron chi connectivity index (χ3n) is 4.41. The lowest BCUT2D eigenvalue weighted by Gasteiger charge is -2.33. The molecule has 0 aromatic heterocycles. The molecule has 0 atom stereocenters. The molecule has 1 aromatic rings. The van der Waals surface area contributed by atoms with Crippen LogP contribution in [0, 0.1) is 11.3 Å². The molecular weight excluding hydrogens is 353 g/mol. The monoisotopic (exact) mass is 376 g/mol. The number of nitrogens with two attached hydrogens (primary N) is 1. The Kier molecular flexibility index (Phi) is 7.08. The van der Waals surface area contributed by atoms with Gasteiger partial charge in [0.15, 0.2) is 0 Å². The molecule has 0 spiro atoms. The highest BCUT2D eigenvalue weighted by Gasteiger charge is 2.30. The van der Waals surface area contributed by atoms with Crippen LogP contribution < -0.4 is 11.1 Å². The van der Waals surface area contributed by atoms with Crippen molar-refractivity contribution in [3.63, 3.8) is 0 Å². The average molecular weight is 376 g/mol. The predicted molar refractivity (Wildman–Crippen MR) is 99.0 cm³/mol. The standard InChI is InChI=1S/C20H23F3N4/c1-2-15(13-24)6-7-19(25)26-18-8-10-27(11-9-18)14-16-4-3-5-17(12-16)20(21,22)23/h2-7,12,18,26H,1,8-11,14,25H2/b15-6+,19-7+. The number of halogens is 3. The van der Waals surface area contributed by atoms with Crippen molar-refractivity contribution < 1.29 is 13.2 Å². The number of allylic oxidation sites excluding steroid dienone is 4. The molecule has 0 bridgehead atoms. The van der Waals surface area contributed by atoms with Crippen LogP contribution in [0.1, 0.15) is 24.0 Å². The Labute approximate surface area is 157 Å². The summed E-state index contributed by atoms with van der Waals surface area (Å²) in [6.45, 7) is 5.58. The topological polar surface area (TPSA) is 65.1 Å². The van der Waals surface area contributed by atoms with Crippen molar-refractivity contribution in [3.05, 3.63) is 71.6 Å². The highest BCUT2D eigenvalue weighted by Crippen LogP contribution is 2.30. The lowest BCUT2D eigenvalue weighted by atomic mass is 10.0. The fourth-order valence-electron chi connectivity index (χ4n) is 2.95. The first kappa shape index (κ1) is 20.6. The molecule has 4 nitrogen and oxygen atoms in total. The highest BCUT2D eigenvalue weighted by atomic mass is 19.4. The maximum atomic E-state index is 12.8. The van der Waals surface area contributed by atoms with E-state index in [0.29, 0.717) is 23.5 Å². The summed E-state index contributed by atoms with van der Waals surface area (Å²) in [5.74, 6) is 0.473. The zero-order chi connectivity index (χ0) is 19.9. The summed E-state index contributed by atoms with van der Waals surface area (Å²) in [6, 6.07) is 7.66. The fourth-order valence-corrected chi connectivity index (χ4v) is 2.95. The van der Waals surface area contributed by atoms with Gasteiger partial charge < -0.3 is 11.1 Å². The molecule has 3 N–H and O–H groups in total. The second-order valence-corrected chi connectivity index (χ2v) is 6.45. The minimum absolute atomic E-state index is 0.196. The summed E-state index contributed by atoms with van der Waals surface area (Å²) in [5, 5.41) is 12.0. The molecule has 1 aliphatic heterocycles. The molecule has 1 aliphatic rings. The Morgan fingerprint density at radius 2 is 2.04 bits per heavy atom. The number of nitriles is 1. The Morgan fingerprint density at radius 1 is 1.33 bits per heavy atom. The molecule has 1 fully saturated rings. The molecule has 2 rings (SSSR count). The number of benzene rings is 1. The molecule has 1 aromatic carbocycles. The van der Waals surface area contributed by atoms with E-state index in [1.807, 2.05) is 6.07 Å². The van der Waals surface area contributed by atoms with Crippen molar-refractivity contribution in [1.82, 2.24) is 10.2 Å². The fraction of sp³-hybridized carbons (Fsp3) is 0.350. The Bertz CT molecular complexity index is 751. The van der Waals surface area contributed by atoms with Gasteiger partial charge in [-0.25, -0.2) is 0 Å². The predicted octanol–water partition coefficient (Wildman–Crippen LogP) is 3.70. The minimum Gasteiger partial charge on any atom is -0.386 e. The third-order valence-corrected chi connectivity index (χ3v) is 4.41. The van der Waals surface area contributed by atoms with Crippen LogP contribution in [0.4, 0.5) is 13.2 Å². The van der Waals surface area contributed by atoms with Crippen molar-refractivity contribution in [2.75, 3.05) is 13.1 Å². The smallest absolute Gasteiger partial charge is 0.386 e.